The highest BCUT2D eigenvalue weighted by atomic mass is 16.6. The molecule has 0 saturated carbocycles. The predicted molar refractivity (Wildman–Crippen MR) is 120 cm³/mol. The summed E-state index contributed by atoms with van der Waals surface area (Å²) in [5, 5.41) is 9.03. The van der Waals surface area contributed by atoms with E-state index in [0.29, 0.717) is 30.4 Å². The number of ketones is 1. The molecule has 1 aromatic heterocycles. The minimum atomic E-state index is -0.351. The largest absolute Gasteiger partial charge is 0.371 e. The van der Waals surface area contributed by atoms with Crippen molar-refractivity contribution in [1.82, 2.24) is 15.3 Å². The number of amides is 2. The van der Waals surface area contributed by atoms with Crippen LogP contribution in [0, 0.1) is 0 Å². The van der Waals surface area contributed by atoms with E-state index in [1.54, 1.807) is 30.5 Å². The number of urea groups is 1. The molecule has 9 nitrogen and oxygen atoms in total. The molecule has 0 bridgehead atoms. The van der Waals surface area contributed by atoms with Gasteiger partial charge in [0.2, 0.25) is 5.95 Å². The Kier molecular flexibility index (Phi) is 6.12. The van der Waals surface area contributed by atoms with Gasteiger partial charge in [-0.1, -0.05) is 20.8 Å². The highest BCUT2D eigenvalue weighted by Gasteiger charge is 2.48. The molecule has 2 saturated heterocycles. The zero-order valence-corrected chi connectivity index (χ0v) is 18.7. The van der Waals surface area contributed by atoms with Crippen LogP contribution in [0.1, 0.15) is 43.7 Å². The van der Waals surface area contributed by atoms with Gasteiger partial charge in [-0.25, -0.2) is 14.8 Å². The van der Waals surface area contributed by atoms with Gasteiger partial charge in [-0.15, -0.1) is 0 Å². The number of fused-ring (bicyclic) bond motifs is 1. The summed E-state index contributed by atoms with van der Waals surface area (Å²) in [6.45, 7) is 8.60. The number of nitrogens with zero attached hydrogens (tertiary/aromatic N) is 2. The Labute approximate surface area is 187 Å². The number of rotatable bonds is 5. The average Bonchev–Trinajstić information content (AvgIpc) is 3.31. The highest BCUT2D eigenvalue weighted by molar-refractivity contribution is 5.95. The van der Waals surface area contributed by atoms with Crippen molar-refractivity contribution in [2.75, 3.05) is 23.8 Å². The summed E-state index contributed by atoms with van der Waals surface area (Å²) < 4.78 is 11.9. The third kappa shape index (κ3) is 4.89. The fourth-order valence-corrected chi connectivity index (χ4v) is 3.88. The molecule has 2 amide bonds. The van der Waals surface area contributed by atoms with Crippen molar-refractivity contribution in [1.29, 1.82) is 0 Å². The number of benzene rings is 1. The van der Waals surface area contributed by atoms with E-state index < -0.39 is 0 Å². The van der Waals surface area contributed by atoms with Gasteiger partial charge in [0, 0.05) is 22.9 Å². The lowest BCUT2D eigenvalue weighted by atomic mass is 9.92. The van der Waals surface area contributed by atoms with Gasteiger partial charge in [0.05, 0.1) is 31.0 Å². The van der Waals surface area contributed by atoms with Crippen molar-refractivity contribution in [2.45, 2.75) is 57.4 Å². The average molecular weight is 440 g/mol. The number of carbonyl (C=O) groups is 2. The number of ether oxygens (including phenoxy) is 2. The van der Waals surface area contributed by atoms with Gasteiger partial charge in [-0.2, -0.15) is 0 Å². The Balaban J connectivity index is 1.33. The van der Waals surface area contributed by atoms with E-state index in [9.17, 15) is 9.59 Å². The topological polar surface area (TPSA) is 114 Å². The van der Waals surface area contributed by atoms with Gasteiger partial charge < -0.3 is 25.4 Å². The first-order chi connectivity index (χ1) is 15.2. The summed E-state index contributed by atoms with van der Waals surface area (Å²) in [5.41, 5.74) is 2.07. The van der Waals surface area contributed by atoms with Crippen LogP contribution in [0.2, 0.25) is 0 Å². The van der Waals surface area contributed by atoms with Crippen molar-refractivity contribution < 1.29 is 19.1 Å². The zero-order valence-electron chi connectivity index (χ0n) is 18.7. The molecule has 0 radical (unpaired) electrons. The van der Waals surface area contributed by atoms with Gasteiger partial charge in [0.1, 0.15) is 12.2 Å². The molecule has 32 heavy (non-hydrogen) atoms. The molecule has 4 rings (SSSR count). The number of anilines is 2. The maximum Gasteiger partial charge on any atom is 0.319 e. The second-order valence-electron chi connectivity index (χ2n) is 9.20. The van der Waals surface area contributed by atoms with E-state index in [1.165, 1.54) is 6.92 Å². The van der Waals surface area contributed by atoms with Gasteiger partial charge in [-0.05, 0) is 37.3 Å². The highest BCUT2D eigenvalue weighted by Crippen LogP contribution is 2.29. The third-order valence-electron chi connectivity index (χ3n) is 5.66. The van der Waals surface area contributed by atoms with Gasteiger partial charge in [0.25, 0.3) is 0 Å². The first kappa shape index (κ1) is 22.2. The lowest BCUT2D eigenvalue weighted by Crippen LogP contribution is -2.46. The lowest BCUT2D eigenvalue weighted by molar-refractivity contribution is 0.0683. The minimum absolute atomic E-state index is 0.0211. The predicted octanol–water partition coefficient (Wildman–Crippen LogP) is 2.75. The number of hydrogen-bond donors (Lipinski definition) is 3. The molecule has 2 aliphatic rings. The van der Waals surface area contributed by atoms with Crippen LogP contribution in [-0.2, 0) is 14.9 Å². The van der Waals surface area contributed by atoms with Crippen molar-refractivity contribution in [3.63, 3.8) is 0 Å². The van der Waals surface area contributed by atoms with Crippen LogP contribution in [-0.4, -0.2) is 59.3 Å². The van der Waals surface area contributed by atoms with E-state index >= 15 is 0 Å². The van der Waals surface area contributed by atoms with Crippen LogP contribution in [0.3, 0.4) is 0 Å². The molecule has 2 aromatic rings. The Hall–Kier alpha value is -3.04. The monoisotopic (exact) mass is 439 g/mol. The summed E-state index contributed by atoms with van der Waals surface area (Å²) in [7, 11) is 0. The standard InChI is InChI=1S/C23H29N5O4/c1-13(29)14-5-7-15(8-6-14)25-22(30)27-17-12-32-19-16(11-31-20(17)19)26-21-24-10-9-18(28-21)23(2,3)4/h5-10,16-17,19-20H,11-12H2,1-4H3,(H,24,26,28)(H2,25,27,30)/t16-,17+,19-,20+/m0/s1. The molecule has 0 aliphatic carbocycles. The minimum Gasteiger partial charge on any atom is -0.371 e. The van der Waals surface area contributed by atoms with Crippen LogP contribution in [0.5, 0.6) is 0 Å². The Morgan fingerprint density at radius 2 is 1.66 bits per heavy atom. The Morgan fingerprint density at radius 3 is 2.31 bits per heavy atom. The van der Waals surface area contributed by atoms with Crippen molar-refractivity contribution in [3.8, 4) is 0 Å². The zero-order chi connectivity index (χ0) is 22.9. The number of Topliss-reactive ketones (excluding diaryl/α,β-unsaturated/α-hetero) is 1. The smallest absolute Gasteiger partial charge is 0.319 e. The molecule has 4 atom stereocenters. The first-order valence-electron chi connectivity index (χ1n) is 10.7. The van der Waals surface area contributed by atoms with Gasteiger partial charge >= 0.3 is 6.03 Å². The van der Waals surface area contributed by atoms with E-state index in [2.05, 4.69) is 46.7 Å². The molecule has 9 heteroatoms. The fraction of sp³-hybridized carbons (Fsp3) is 0.478. The van der Waals surface area contributed by atoms with E-state index in [-0.39, 0.29) is 41.5 Å². The van der Waals surface area contributed by atoms with Gasteiger partial charge in [-0.3, -0.25) is 4.79 Å². The van der Waals surface area contributed by atoms with E-state index in [4.69, 9.17) is 9.47 Å². The fourth-order valence-electron chi connectivity index (χ4n) is 3.88. The number of nitrogens with one attached hydrogen (secondary N) is 3. The summed E-state index contributed by atoms with van der Waals surface area (Å²) in [4.78, 5) is 32.8. The van der Waals surface area contributed by atoms with Gasteiger partial charge in [0.15, 0.2) is 5.78 Å². The summed E-state index contributed by atoms with van der Waals surface area (Å²) in [6, 6.07) is 7.94. The summed E-state index contributed by atoms with van der Waals surface area (Å²) in [5.74, 6) is 0.519. The van der Waals surface area contributed by atoms with Crippen LogP contribution in [0.15, 0.2) is 36.5 Å². The second kappa shape index (κ2) is 8.84. The van der Waals surface area contributed by atoms with Crippen molar-refractivity contribution >= 4 is 23.5 Å². The maximum atomic E-state index is 12.4. The lowest BCUT2D eigenvalue weighted by Gasteiger charge is -2.21. The molecular weight excluding hydrogens is 410 g/mol. The van der Waals surface area contributed by atoms with Crippen LogP contribution in [0.25, 0.3) is 0 Å². The molecular formula is C23H29N5O4. The normalized spacial score (nSPS) is 24.6. The molecule has 0 spiro atoms. The van der Waals surface area contributed by atoms with Crippen molar-refractivity contribution in [3.05, 3.63) is 47.8 Å². The molecule has 170 valence electrons. The van der Waals surface area contributed by atoms with Crippen LogP contribution < -0.4 is 16.0 Å². The van der Waals surface area contributed by atoms with Crippen LogP contribution in [0.4, 0.5) is 16.4 Å². The quantitative estimate of drug-likeness (QED) is 0.614. The first-order valence-corrected chi connectivity index (χ1v) is 10.7. The number of aromatic nitrogens is 2. The molecule has 1 aromatic carbocycles. The molecule has 2 aliphatic heterocycles. The maximum absolute atomic E-state index is 12.4. The molecule has 3 N–H and O–H groups in total. The molecule has 2 fully saturated rings. The summed E-state index contributed by atoms with van der Waals surface area (Å²) >= 11 is 0. The number of carbonyl (C=O) groups excluding carboxylic acids is 2. The number of hydrogen-bond acceptors (Lipinski definition) is 7. The molecule has 3 heterocycles. The summed E-state index contributed by atoms with van der Waals surface area (Å²) in [6.07, 6.45) is 1.28. The second-order valence-corrected chi connectivity index (χ2v) is 9.20. The van der Waals surface area contributed by atoms with Crippen molar-refractivity contribution in [2.24, 2.45) is 0 Å². The van der Waals surface area contributed by atoms with E-state index in [1.807, 2.05) is 6.07 Å². The third-order valence-corrected chi connectivity index (χ3v) is 5.66. The van der Waals surface area contributed by atoms with Crippen LogP contribution >= 0.6 is 0 Å². The Morgan fingerprint density at radius 1 is 1.00 bits per heavy atom. The Bertz CT molecular complexity index is 989. The SMILES string of the molecule is CC(=O)c1ccc(NC(=O)N[C@@H]2CO[C@@H]3[C@@H]2OC[C@@H]3Nc2nccc(C(C)(C)C)n2)cc1. The van der Waals surface area contributed by atoms with E-state index in [0.717, 1.165) is 5.69 Å². The molecule has 0 unspecified atom stereocenters.